The van der Waals surface area contributed by atoms with Gasteiger partial charge in [-0.1, -0.05) is 29.8 Å². The Balaban J connectivity index is 1.99. The van der Waals surface area contributed by atoms with Crippen LogP contribution in [-0.4, -0.2) is 17.6 Å². The third kappa shape index (κ3) is 3.12. The van der Waals surface area contributed by atoms with Crippen LogP contribution in [0.2, 0.25) is 0 Å². The normalized spacial score (nSPS) is 12.0. The number of hydrogen-bond donors (Lipinski definition) is 1. The van der Waals surface area contributed by atoms with Gasteiger partial charge in [0.2, 0.25) is 10.0 Å². The number of hydrogen-bond acceptors (Lipinski definition) is 3. The fraction of sp³-hybridized carbons (Fsp3) is 0.278. The van der Waals surface area contributed by atoms with E-state index in [1.165, 1.54) is 9.13 Å². The molecule has 6 nitrogen and oxygen atoms in total. The van der Waals surface area contributed by atoms with Crippen LogP contribution in [0.15, 0.2) is 46.1 Å². The first-order chi connectivity index (χ1) is 11.7. The van der Waals surface area contributed by atoms with E-state index < -0.39 is 10.0 Å². The highest BCUT2D eigenvalue weighted by atomic mass is 32.2. The molecule has 1 heterocycles. The zero-order valence-electron chi connectivity index (χ0n) is 14.7. The van der Waals surface area contributed by atoms with E-state index in [4.69, 9.17) is 0 Å². The summed E-state index contributed by atoms with van der Waals surface area (Å²) in [4.78, 5) is 12.2. The minimum Gasteiger partial charge on any atom is -0.295 e. The highest BCUT2D eigenvalue weighted by molar-refractivity contribution is 7.89. The summed E-state index contributed by atoms with van der Waals surface area (Å²) in [5.74, 6) is 0. The van der Waals surface area contributed by atoms with Gasteiger partial charge in [0.15, 0.2) is 0 Å². The van der Waals surface area contributed by atoms with E-state index in [9.17, 15) is 13.2 Å². The molecule has 0 saturated heterocycles. The number of sulfonamides is 1. The predicted molar refractivity (Wildman–Crippen MR) is 98.1 cm³/mol. The smallest absolute Gasteiger partial charge is 0.295 e. The van der Waals surface area contributed by atoms with Crippen LogP contribution in [0.1, 0.15) is 16.7 Å². The molecule has 1 aromatic heterocycles. The van der Waals surface area contributed by atoms with Gasteiger partial charge in [0.05, 0.1) is 15.9 Å². The Morgan fingerprint density at radius 1 is 0.960 bits per heavy atom. The van der Waals surface area contributed by atoms with Crippen molar-refractivity contribution < 1.29 is 8.42 Å². The van der Waals surface area contributed by atoms with Crippen molar-refractivity contribution in [1.82, 2.24) is 13.9 Å². The summed E-state index contributed by atoms with van der Waals surface area (Å²) in [6.45, 7) is 3.93. The van der Waals surface area contributed by atoms with Crippen LogP contribution < -0.4 is 10.4 Å². The molecule has 0 fully saturated rings. The van der Waals surface area contributed by atoms with Crippen molar-refractivity contribution in [2.45, 2.75) is 25.3 Å². The molecule has 0 atom stereocenters. The van der Waals surface area contributed by atoms with E-state index in [2.05, 4.69) is 4.72 Å². The molecule has 0 aliphatic carbocycles. The molecule has 0 amide bonds. The van der Waals surface area contributed by atoms with Crippen molar-refractivity contribution in [3.05, 3.63) is 63.6 Å². The average Bonchev–Trinajstić information content (AvgIpc) is 2.78. The zero-order chi connectivity index (χ0) is 18.4. The number of benzene rings is 2. The van der Waals surface area contributed by atoms with Gasteiger partial charge in [-0.3, -0.25) is 9.13 Å². The molecular formula is C18H21N3O3S. The summed E-state index contributed by atoms with van der Waals surface area (Å²) in [6.07, 6.45) is 0. The van der Waals surface area contributed by atoms with E-state index in [1.807, 2.05) is 31.2 Å². The fourth-order valence-electron chi connectivity index (χ4n) is 2.88. The summed E-state index contributed by atoms with van der Waals surface area (Å²) in [5.41, 5.74) is 3.73. The first-order valence-corrected chi connectivity index (χ1v) is 9.40. The zero-order valence-corrected chi connectivity index (χ0v) is 15.5. The third-order valence-corrected chi connectivity index (χ3v) is 5.99. The van der Waals surface area contributed by atoms with Crippen molar-refractivity contribution in [1.29, 1.82) is 0 Å². The lowest BCUT2D eigenvalue weighted by Gasteiger charge is -2.10. The number of nitrogens with one attached hydrogen (secondary N) is 1. The molecule has 0 unspecified atom stereocenters. The van der Waals surface area contributed by atoms with Crippen molar-refractivity contribution in [3.8, 4) is 0 Å². The second kappa shape index (κ2) is 6.16. The monoisotopic (exact) mass is 359 g/mol. The molecule has 25 heavy (non-hydrogen) atoms. The standard InChI is InChI=1S/C18H21N3O3S/c1-12-5-7-14(8-6-12)11-19-25(23,24)17-10-16-15(9-13(17)2)20(3)18(22)21(16)4/h5-10,19H,11H2,1-4H3. The molecule has 0 aliphatic heterocycles. The van der Waals surface area contributed by atoms with E-state index in [0.29, 0.717) is 16.6 Å². The lowest BCUT2D eigenvalue weighted by atomic mass is 10.2. The lowest BCUT2D eigenvalue weighted by Crippen LogP contribution is -2.24. The predicted octanol–water partition coefficient (Wildman–Crippen LogP) is 1.97. The molecule has 0 bridgehead atoms. The van der Waals surface area contributed by atoms with Gasteiger partial charge >= 0.3 is 5.69 Å². The van der Waals surface area contributed by atoms with Crippen LogP contribution in [0, 0.1) is 13.8 Å². The Morgan fingerprint density at radius 3 is 2.12 bits per heavy atom. The van der Waals surface area contributed by atoms with Crippen LogP contribution in [-0.2, 0) is 30.7 Å². The number of fused-ring (bicyclic) bond motifs is 1. The molecule has 2 aromatic carbocycles. The molecule has 3 rings (SSSR count). The highest BCUT2D eigenvalue weighted by Crippen LogP contribution is 2.22. The molecule has 0 aliphatic rings. The van der Waals surface area contributed by atoms with Crippen molar-refractivity contribution in [2.75, 3.05) is 0 Å². The Hall–Kier alpha value is -2.38. The van der Waals surface area contributed by atoms with Gasteiger partial charge in [-0.05, 0) is 37.1 Å². The second-order valence-electron chi connectivity index (χ2n) is 6.32. The molecular weight excluding hydrogens is 338 g/mol. The molecule has 0 saturated carbocycles. The molecule has 7 heteroatoms. The molecule has 0 spiro atoms. The maximum atomic E-state index is 12.7. The molecule has 1 N–H and O–H groups in total. The van der Waals surface area contributed by atoms with Crippen LogP contribution in [0.3, 0.4) is 0 Å². The number of rotatable bonds is 4. The van der Waals surface area contributed by atoms with Gasteiger partial charge in [0, 0.05) is 20.6 Å². The second-order valence-corrected chi connectivity index (χ2v) is 8.05. The topological polar surface area (TPSA) is 73.1 Å². The minimum absolute atomic E-state index is 0.184. The number of nitrogens with zero attached hydrogens (tertiary/aromatic N) is 2. The number of imidazole rings is 1. The van der Waals surface area contributed by atoms with Crippen LogP contribution in [0.4, 0.5) is 0 Å². The SMILES string of the molecule is Cc1ccc(CNS(=O)(=O)c2cc3c(cc2C)n(C)c(=O)n3C)cc1. The van der Waals surface area contributed by atoms with Crippen LogP contribution >= 0.6 is 0 Å². The van der Waals surface area contributed by atoms with Gasteiger partial charge in [0.25, 0.3) is 0 Å². The van der Waals surface area contributed by atoms with Gasteiger partial charge in [-0.15, -0.1) is 0 Å². The van der Waals surface area contributed by atoms with Gasteiger partial charge in [0.1, 0.15) is 0 Å². The van der Waals surface area contributed by atoms with Crippen molar-refractivity contribution in [2.24, 2.45) is 14.1 Å². The highest BCUT2D eigenvalue weighted by Gasteiger charge is 2.20. The Labute approximate surface area is 146 Å². The van der Waals surface area contributed by atoms with Crippen LogP contribution in [0.5, 0.6) is 0 Å². The summed E-state index contributed by atoms with van der Waals surface area (Å²) in [7, 11) is -0.376. The summed E-state index contributed by atoms with van der Waals surface area (Å²) in [5, 5.41) is 0. The minimum atomic E-state index is -3.69. The van der Waals surface area contributed by atoms with E-state index in [1.54, 1.807) is 33.2 Å². The Bertz CT molecular complexity index is 1110. The Kier molecular flexibility index (Phi) is 4.30. The summed E-state index contributed by atoms with van der Waals surface area (Å²) < 4.78 is 31.1. The summed E-state index contributed by atoms with van der Waals surface area (Å²) in [6, 6.07) is 11.0. The number of aryl methyl sites for hydroxylation is 4. The van der Waals surface area contributed by atoms with Crippen LogP contribution in [0.25, 0.3) is 11.0 Å². The van der Waals surface area contributed by atoms with Gasteiger partial charge < -0.3 is 0 Å². The molecule has 3 aromatic rings. The van der Waals surface area contributed by atoms with E-state index >= 15 is 0 Å². The van der Waals surface area contributed by atoms with E-state index in [0.717, 1.165) is 11.1 Å². The number of aromatic nitrogens is 2. The summed E-state index contributed by atoms with van der Waals surface area (Å²) >= 11 is 0. The Morgan fingerprint density at radius 2 is 1.52 bits per heavy atom. The van der Waals surface area contributed by atoms with E-state index in [-0.39, 0.29) is 17.1 Å². The van der Waals surface area contributed by atoms with Crippen molar-refractivity contribution >= 4 is 21.1 Å². The van der Waals surface area contributed by atoms with Gasteiger partial charge in [-0.25, -0.2) is 17.9 Å². The first kappa shape index (κ1) is 17.4. The maximum absolute atomic E-state index is 12.7. The quantitative estimate of drug-likeness (QED) is 0.774. The maximum Gasteiger partial charge on any atom is 0.328 e. The fourth-order valence-corrected chi connectivity index (χ4v) is 4.14. The third-order valence-electron chi connectivity index (χ3n) is 4.45. The largest absolute Gasteiger partial charge is 0.328 e. The first-order valence-electron chi connectivity index (χ1n) is 7.92. The molecule has 132 valence electrons. The lowest BCUT2D eigenvalue weighted by molar-refractivity contribution is 0.581. The molecule has 0 radical (unpaired) electrons. The average molecular weight is 359 g/mol. The van der Waals surface area contributed by atoms with Gasteiger partial charge in [-0.2, -0.15) is 0 Å². The van der Waals surface area contributed by atoms with Crippen molar-refractivity contribution in [3.63, 3.8) is 0 Å².